The van der Waals surface area contributed by atoms with Crippen LogP contribution in [0.3, 0.4) is 0 Å². The number of aryl methyl sites for hydroxylation is 1. The van der Waals surface area contributed by atoms with Crippen molar-refractivity contribution in [3.05, 3.63) is 24.0 Å². The minimum atomic E-state index is -0.0617. The third kappa shape index (κ3) is 6.33. The summed E-state index contributed by atoms with van der Waals surface area (Å²) in [4.78, 5) is 16.6. The number of nitrogens with zero attached hydrogens (tertiary/aromatic N) is 1. The number of carbonyl (C=O) groups excluding carboxylic acids is 1. The molecule has 3 nitrogen and oxygen atoms in total. The molecule has 1 aromatic heterocycles. The van der Waals surface area contributed by atoms with Crippen molar-refractivity contribution in [1.82, 2.24) is 4.98 Å². The van der Waals surface area contributed by atoms with E-state index in [9.17, 15) is 4.79 Å². The molecule has 1 heterocycles. The van der Waals surface area contributed by atoms with Gasteiger partial charge in [0.2, 0.25) is 0 Å². The van der Waals surface area contributed by atoms with Gasteiger partial charge in [-0.25, -0.2) is 0 Å². The molecule has 3 rings (SSSR count). The Bertz CT molecular complexity index is 567. The van der Waals surface area contributed by atoms with Gasteiger partial charge in [-0.05, 0) is 62.5 Å². The average Bonchev–Trinajstić information content (AvgIpc) is 2.70. The molecular weight excluding hydrogens is 334 g/mol. The molecule has 2 fully saturated rings. The van der Waals surface area contributed by atoms with Crippen molar-refractivity contribution < 1.29 is 9.53 Å². The summed E-state index contributed by atoms with van der Waals surface area (Å²) in [5.41, 5.74) is 0.939. The van der Waals surface area contributed by atoms with Crippen molar-refractivity contribution in [3.8, 4) is 5.75 Å². The topological polar surface area (TPSA) is 39.2 Å². The molecule has 3 heteroatoms. The number of carbonyl (C=O) groups is 1. The van der Waals surface area contributed by atoms with Gasteiger partial charge >= 0.3 is 5.97 Å². The minimum absolute atomic E-state index is 0.0617. The fraction of sp³-hybridized carbons (Fsp3) is 0.750. The lowest BCUT2D eigenvalue weighted by atomic mass is 9.75. The minimum Gasteiger partial charge on any atom is -0.425 e. The number of hydrogen-bond acceptors (Lipinski definition) is 3. The number of hydrogen-bond donors (Lipinski definition) is 0. The van der Waals surface area contributed by atoms with Crippen LogP contribution in [0.1, 0.15) is 89.7 Å². The number of esters is 1. The number of aromatic nitrogens is 1. The predicted molar refractivity (Wildman–Crippen MR) is 110 cm³/mol. The first kappa shape index (κ1) is 20.4. The van der Waals surface area contributed by atoms with Crippen molar-refractivity contribution in [2.45, 2.75) is 90.9 Å². The maximum atomic E-state index is 12.4. The van der Waals surface area contributed by atoms with Crippen LogP contribution in [0.25, 0.3) is 0 Å². The molecule has 0 N–H and O–H groups in total. The first-order valence-electron chi connectivity index (χ1n) is 11.3. The molecule has 1 aromatic rings. The van der Waals surface area contributed by atoms with E-state index in [0.29, 0.717) is 5.75 Å². The normalized spacial score (nSPS) is 28.7. The Balaban J connectivity index is 1.33. The lowest BCUT2D eigenvalue weighted by Crippen LogP contribution is -2.26. The van der Waals surface area contributed by atoms with Crippen molar-refractivity contribution in [2.75, 3.05) is 0 Å². The highest BCUT2D eigenvalue weighted by Gasteiger charge is 2.28. The summed E-state index contributed by atoms with van der Waals surface area (Å²) in [6, 6.07) is 3.72. The van der Waals surface area contributed by atoms with Crippen molar-refractivity contribution in [3.63, 3.8) is 0 Å². The third-order valence-electron chi connectivity index (χ3n) is 6.93. The average molecular weight is 372 g/mol. The van der Waals surface area contributed by atoms with Gasteiger partial charge in [0.1, 0.15) is 5.75 Å². The Hall–Kier alpha value is -1.38. The van der Waals surface area contributed by atoms with E-state index < -0.39 is 0 Å². The maximum absolute atomic E-state index is 12.4. The number of rotatable bonds is 7. The molecule has 2 aliphatic carbocycles. The van der Waals surface area contributed by atoms with Gasteiger partial charge in [0.25, 0.3) is 0 Å². The highest BCUT2D eigenvalue weighted by Crippen LogP contribution is 2.37. The molecule has 0 spiro atoms. The van der Waals surface area contributed by atoms with E-state index >= 15 is 0 Å². The molecule has 2 aliphatic rings. The molecule has 0 radical (unpaired) electrons. The Morgan fingerprint density at radius 2 is 1.48 bits per heavy atom. The van der Waals surface area contributed by atoms with Crippen LogP contribution >= 0.6 is 0 Å². The first-order valence-corrected chi connectivity index (χ1v) is 11.3. The summed E-state index contributed by atoms with van der Waals surface area (Å²) in [5, 5.41) is 0. The van der Waals surface area contributed by atoms with Gasteiger partial charge in [0.15, 0.2) is 0 Å². The second kappa shape index (κ2) is 10.2. The largest absolute Gasteiger partial charge is 0.425 e. The molecule has 0 atom stereocenters. The number of ether oxygens (including phenoxy) is 1. The van der Waals surface area contributed by atoms with Gasteiger partial charge in [-0.3, -0.25) is 9.78 Å². The zero-order valence-corrected chi connectivity index (χ0v) is 17.3. The van der Waals surface area contributed by atoms with Crippen LogP contribution in [0.5, 0.6) is 5.75 Å². The summed E-state index contributed by atoms with van der Waals surface area (Å²) < 4.78 is 5.53. The van der Waals surface area contributed by atoms with Gasteiger partial charge in [0.05, 0.1) is 12.1 Å². The highest BCUT2D eigenvalue weighted by atomic mass is 16.5. The molecule has 0 aliphatic heterocycles. The zero-order chi connectivity index (χ0) is 19.1. The smallest absolute Gasteiger partial charge is 0.314 e. The van der Waals surface area contributed by atoms with Crippen LogP contribution in [-0.2, 0) is 4.79 Å². The molecular formula is C24H37NO2. The second-order valence-corrected chi connectivity index (χ2v) is 9.03. The van der Waals surface area contributed by atoms with Gasteiger partial charge in [-0.15, -0.1) is 0 Å². The van der Waals surface area contributed by atoms with Crippen molar-refractivity contribution >= 4 is 5.97 Å². The van der Waals surface area contributed by atoms with Gasteiger partial charge in [-0.1, -0.05) is 58.3 Å². The Labute approximate surface area is 165 Å². The second-order valence-electron chi connectivity index (χ2n) is 9.03. The van der Waals surface area contributed by atoms with Crippen LogP contribution in [0.2, 0.25) is 0 Å². The lowest BCUT2D eigenvalue weighted by molar-refractivity contribution is -0.140. The zero-order valence-electron chi connectivity index (χ0n) is 17.3. The van der Waals surface area contributed by atoms with Crippen LogP contribution in [0.4, 0.5) is 0 Å². The highest BCUT2D eigenvalue weighted by molar-refractivity contribution is 5.75. The SMILES string of the molecule is CCCC1CCC(CCC2CCC(C(=O)Oc3ccc(C)nc3)CC2)CC1. The lowest BCUT2D eigenvalue weighted by Gasteiger charge is -2.31. The fourth-order valence-electron chi connectivity index (χ4n) is 5.09. The molecule has 2 saturated carbocycles. The monoisotopic (exact) mass is 371 g/mol. The van der Waals surface area contributed by atoms with Gasteiger partial charge < -0.3 is 4.74 Å². The maximum Gasteiger partial charge on any atom is 0.314 e. The van der Waals surface area contributed by atoms with E-state index in [1.54, 1.807) is 6.20 Å². The predicted octanol–water partition coefficient (Wildman–Crippen LogP) is 6.49. The van der Waals surface area contributed by atoms with Crippen molar-refractivity contribution in [1.29, 1.82) is 0 Å². The van der Waals surface area contributed by atoms with E-state index in [1.165, 1.54) is 64.2 Å². The molecule has 27 heavy (non-hydrogen) atoms. The molecule has 0 aromatic carbocycles. The summed E-state index contributed by atoms with van der Waals surface area (Å²) in [7, 11) is 0. The molecule has 0 saturated heterocycles. The van der Waals surface area contributed by atoms with E-state index in [-0.39, 0.29) is 11.9 Å². The first-order chi connectivity index (χ1) is 13.1. The standard InChI is InChI=1S/C24H37NO2/c1-3-4-19-6-8-20(9-7-19)10-11-21-12-14-22(15-13-21)24(26)27-23-16-5-18(2)25-17-23/h5,16-17,19-22H,3-4,6-15H2,1-2H3. The summed E-state index contributed by atoms with van der Waals surface area (Å²) in [6.07, 6.45) is 17.4. The molecule has 0 unspecified atom stereocenters. The van der Waals surface area contributed by atoms with E-state index in [2.05, 4.69) is 11.9 Å². The van der Waals surface area contributed by atoms with Crippen LogP contribution in [0.15, 0.2) is 18.3 Å². The summed E-state index contributed by atoms with van der Waals surface area (Å²) in [6.45, 7) is 4.25. The van der Waals surface area contributed by atoms with E-state index in [0.717, 1.165) is 36.3 Å². The number of pyridine rings is 1. The third-order valence-corrected chi connectivity index (χ3v) is 6.93. The van der Waals surface area contributed by atoms with Crippen LogP contribution < -0.4 is 4.74 Å². The molecule has 150 valence electrons. The molecule has 0 amide bonds. The van der Waals surface area contributed by atoms with Crippen LogP contribution in [-0.4, -0.2) is 11.0 Å². The quantitative estimate of drug-likeness (QED) is 0.514. The van der Waals surface area contributed by atoms with Gasteiger partial charge in [-0.2, -0.15) is 0 Å². The van der Waals surface area contributed by atoms with E-state index in [4.69, 9.17) is 4.74 Å². The van der Waals surface area contributed by atoms with Gasteiger partial charge in [0, 0.05) is 5.69 Å². The fourth-order valence-corrected chi connectivity index (χ4v) is 5.09. The Morgan fingerprint density at radius 1 is 0.926 bits per heavy atom. The Kier molecular flexibility index (Phi) is 7.72. The van der Waals surface area contributed by atoms with Crippen LogP contribution in [0, 0.1) is 30.6 Å². The Morgan fingerprint density at radius 3 is 2.00 bits per heavy atom. The molecule has 0 bridgehead atoms. The van der Waals surface area contributed by atoms with E-state index in [1.807, 2.05) is 19.1 Å². The van der Waals surface area contributed by atoms with Crippen molar-refractivity contribution in [2.24, 2.45) is 23.7 Å². The summed E-state index contributed by atoms with van der Waals surface area (Å²) >= 11 is 0. The summed E-state index contributed by atoms with van der Waals surface area (Å²) in [5.74, 6) is 3.39.